The van der Waals surface area contributed by atoms with Gasteiger partial charge in [0.1, 0.15) is 23.5 Å². The average Bonchev–Trinajstić information content (AvgIpc) is 3.52. The van der Waals surface area contributed by atoms with Gasteiger partial charge in [0.2, 0.25) is 11.8 Å². The Morgan fingerprint density at radius 1 is 1.02 bits per heavy atom. The third-order valence-corrected chi connectivity index (χ3v) is 11.8. The Kier molecular flexibility index (Phi) is 9.95. The number of amides is 3. The van der Waals surface area contributed by atoms with Gasteiger partial charge in [-0.3, -0.25) is 18.9 Å². The molecule has 4 aromatic rings. The van der Waals surface area contributed by atoms with E-state index in [-0.39, 0.29) is 48.8 Å². The van der Waals surface area contributed by atoms with E-state index in [2.05, 4.69) is 5.32 Å². The molecule has 0 aliphatic carbocycles. The van der Waals surface area contributed by atoms with Gasteiger partial charge in [-0.1, -0.05) is 63.2 Å². The lowest BCUT2D eigenvalue weighted by molar-refractivity contribution is -0.160. The fourth-order valence-corrected chi connectivity index (χ4v) is 8.17. The van der Waals surface area contributed by atoms with E-state index in [9.17, 15) is 41.9 Å². The Hall–Kier alpha value is -4.07. The van der Waals surface area contributed by atoms with E-state index in [1.807, 2.05) is 31.2 Å². The van der Waals surface area contributed by atoms with Crippen LogP contribution in [0.2, 0.25) is 0 Å². The topological polar surface area (TPSA) is 136 Å². The first kappa shape index (κ1) is 37.7. The molecule has 2 aliphatic rings. The largest absolute Gasteiger partial charge is 0.399 e. The van der Waals surface area contributed by atoms with Gasteiger partial charge in [0, 0.05) is 29.8 Å². The maximum atomic E-state index is 14.6. The number of carbonyl (C=O) groups is 3. The van der Waals surface area contributed by atoms with Crippen LogP contribution >= 0.6 is 18.9 Å². The number of benzene rings is 3. The molecule has 15 heteroatoms. The SMILES string of the molecule is CC1(c2ccc(F)cc2)CN(C(=O)[C@@H]2Cc3ccccc3CN2C(=O)[C@@H](NC(=O)c2cc3cc(C(F)(F)P(=O)(O)O)ccc3s2)C(C)(C)C)CCO1. The van der Waals surface area contributed by atoms with E-state index in [4.69, 9.17) is 4.74 Å². The molecule has 0 radical (unpaired) electrons. The minimum Gasteiger partial charge on any atom is -0.367 e. The zero-order valence-electron chi connectivity index (χ0n) is 28.9. The van der Waals surface area contributed by atoms with Crippen LogP contribution in [0.5, 0.6) is 0 Å². The van der Waals surface area contributed by atoms with Crippen LogP contribution in [0.25, 0.3) is 10.1 Å². The second-order valence-corrected chi connectivity index (χ2v) is 17.3. The number of rotatable bonds is 7. The summed E-state index contributed by atoms with van der Waals surface area (Å²) < 4.78 is 60.5. The molecule has 0 spiro atoms. The lowest BCUT2D eigenvalue weighted by atomic mass is 9.84. The van der Waals surface area contributed by atoms with Gasteiger partial charge in [0.25, 0.3) is 5.91 Å². The maximum Gasteiger partial charge on any atom is 0.399 e. The summed E-state index contributed by atoms with van der Waals surface area (Å²) in [4.78, 5) is 64.5. The van der Waals surface area contributed by atoms with Crippen LogP contribution in [0.3, 0.4) is 0 Å². The second-order valence-electron chi connectivity index (χ2n) is 14.5. The quantitative estimate of drug-likeness (QED) is 0.193. The van der Waals surface area contributed by atoms with Crippen molar-refractivity contribution in [1.29, 1.82) is 0 Å². The minimum absolute atomic E-state index is 0.0960. The number of carbonyl (C=O) groups excluding carboxylic acids is 3. The van der Waals surface area contributed by atoms with E-state index in [0.29, 0.717) is 10.3 Å². The summed E-state index contributed by atoms with van der Waals surface area (Å²) in [6.45, 7) is 7.97. The van der Waals surface area contributed by atoms with Crippen LogP contribution in [-0.2, 0) is 43.1 Å². The number of alkyl halides is 2. The number of nitrogens with one attached hydrogen (secondary N) is 1. The zero-order valence-corrected chi connectivity index (χ0v) is 30.6. The first-order valence-corrected chi connectivity index (χ1v) is 19.1. The van der Waals surface area contributed by atoms with Crippen LogP contribution in [0.4, 0.5) is 13.2 Å². The highest BCUT2D eigenvalue weighted by Gasteiger charge is 2.50. The van der Waals surface area contributed by atoms with Crippen molar-refractivity contribution in [3.8, 4) is 0 Å². The van der Waals surface area contributed by atoms with E-state index >= 15 is 0 Å². The zero-order chi connectivity index (χ0) is 37.8. The van der Waals surface area contributed by atoms with Crippen LogP contribution < -0.4 is 5.32 Å². The van der Waals surface area contributed by atoms with Crippen molar-refractivity contribution in [3.63, 3.8) is 0 Å². The normalized spacial score (nSPS) is 20.4. The molecule has 3 N–H and O–H groups in total. The Balaban J connectivity index is 1.28. The molecule has 52 heavy (non-hydrogen) atoms. The highest BCUT2D eigenvalue weighted by molar-refractivity contribution is 7.52. The van der Waals surface area contributed by atoms with Crippen molar-refractivity contribution in [1.82, 2.24) is 15.1 Å². The first-order chi connectivity index (χ1) is 24.3. The number of fused-ring (bicyclic) bond motifs is 2. The van der Waals surface area contributed by atoms with Gasteiger partial charge < -0.3 is 29.6 Å². The molecule has 3 heterocycles. The highest BCUT2D eigenvalue weighted by Crippen LogP contribution is 2.59. The van der Waals surface area contributed by atoms with Crippen molar-refractivity contribution >= 4 is 46.7 Å². The summed E-state index contributed by atoms with van der Waals surface area (Å²) in [7, 11) is -5.80. The predicted octanol–water partition coefficient (Wildman–Crippen LogP) is 6.14. The summed E-state index contributed by atoms with van der Waals surface area (Å²) >= 11 is 0.976. The predicted molar refractivity (Wildman–Crippen MR) is 189 cm³/mol. The molecule has 0 saturated carbocycles. The van der Waals surface area contributed by atoms with Crippen LogP contribution in [0.1, 0.15) is 59.6 Å². The molecule has 3 aromatic carbocycles. The average molecular weight is 758 g/mol. The third kappa shape index (κ3) is 7.27. The fourth-order valence-electron chi connectivity index (χ4n) is 6.75. The van der Waals surface area contributed by atoms with Gasteiger partial charge in [-0.2, -0.15) is 8.78 Å². The Morgan fingerprint density at radius 3 is 2.35 bits per heavy atom. The molecule has 276 valence electrons. The Morgan fingerprint density at radius 2 is 1.69 bits per heavy atom. The Bertz CT molecular complexity index is 2080. The summed E-state index contributed by atoms with van der Waals surface area (Å²) in [5.74, 6) is -1.81. The van der Waals surface area contributed by atoms with Gasteiger partial charge in [-0.05, 0) is 64.7 Å². The van der Waals surface area contributed by atoms with Crippen LogP contribution in [0, 0.1) is 11.2 Å². The van der Waals surface area contributed by atoms with Gasteiger partial charge >= 0.3 is 13.3 Å². The monoisotopic (exact) mass is 757 g/mol. The number of morpholine rings is 1. The van der Waals surface area contributed by atoms with E-state index in [0.717, 1.165) is 34.6 Å². The molecule has 1 saturated heterocycles. The number of hydrogen-bond acceptors (Lipinski definition) is 6. The van der Waals surface area contributed by atoms with E-state index in [1.54, 1.807) is 37.8 Å². The van der Waals surface area contributed by atoms with Gasteiger partial charge in [-0.25, -0.2) is 4.39 Å². The number of hydrogen-bond donors (Lipinski definition) is 3. The second kappa shape index (κ2) is 13.7. The lowest BCUT2D eigenvalue weighted by Gasteiger charge is -2.45. The lowest BCUT2D eigenvalue weighted by Crippen LogP contribution is -2.62. The minimum atomic E-state index is -5.80. The maximum absolute atomic E-state index is 14.6. The van der Waals surface area contributed by atoms with Crippen LogP contribution in [-0.4, -0.2) is 69.1 Å². The summed E-state index contributed by atoms with van der Waals surface area (Å²) in [5.41, 5.74) is -4.57. The summed E-state index contributed by atoms with van der Waals surface area (Å²) in [5, 5.41) is 3.01. The van der Waals surface area contributed by atoms with Gasteiger partial charge in [0.15, 0.2) is 0 Å². The molecular weight excluding hydrogens is 718 g/mol. The molecule has 1 aromatic heterocycles. The number of nitrogens with zero attached hydrogens (tertiary/aromatic N) is 2. The number of thiophene rings is 1. The van der Waals surface area contributed by atoms with Crippen molar-refractivity contribution in [3.05, 3.63) is 106 Å². The summed E-state index contributed by atoms with van der Waals surface area (Å²) in [6.07, 6.45) is 0.244. The third-order valence-electron chi connectivity index (χ3n) is 9.70. The molecule has 6 rings (SSSR count). The highest BCUT2D eigenvalue weighted by atomic mass is 32.1. The number of halogens is 3. The van der Waals surface area contributed by atoms with E-state index < -0.39 is 59.6 Å². The molecule has 3 atom stereocenters. The van der Waals surface area contributed by atoms with Crippen molar-refractivity contribution in [2.75, 3.05) is 19.7 Å². The molecule has 3 amide bonds. The van der Waals surface area contributed by atoms with E-state index in [1.165, 1.54) is 29.2 Å². The molecule has 1 fully saturated rings. The Labute approximate surface area is 302 Å². The molecule has 2 aliphatic heterocycles. The first-order valence-electron chi connectivity index (χ1n) is 16.6. The van der Waals surface area contributed by atoms with Gasteiger partial charge in [0.05, 0.1) is 18.0 Å². The molecular formula is C37H39F3N3O7PS. The van der Waals surface area contributed by atoms with Crippen molar-refractivity contribution in [2.24, 2.45) is 5.41 Å². The smallest absolute Gasteiger partial charge is 0.367 e. The number of ether oxygens (including phenoxy) is 1. The molecule has 10 nitrogen and oxygen atoms in total. The van der Waals surface area contributed by atoms with Gasteiger partial charge in [-0.15, -0.1) is 11.3 Å². The molecule has 1 unspecified atom stereocenters. The molecule has 0 bridgehead atoms. The standard InChI is InChI=1S/C37H39F3N3O7PS/c1-35(2,3)31(41-32(44)30-19-24-17-26(11-14-29(24)52-30)37(39,40)51(47,48)49)34(46)43-20-23-8-6-5-7-22(23)18-28(43)33(45)42-15-16-50-36(4,21-42)25-9-12-27(38)13-10-25/h5-14,17,19,28,31H,15-16,18,20-21H2,1-4H3,(H,41,44)(H2,47,48,49)/t28-,31+,36?/m0/s1. The van der Waals surface area contributed by atoms with Crippen LogP contribution in [0.15, 0.2) is 72.8 Å². The fraction of sp³-hybridized carbons (Fsp3) is 0.378. The summed E-state index contributed by atoms with van der Waals surface area (Å²) in [6, 6.07) is 15.9. The van der Waals surface area contributed by atoms with Crippen molar-refractivity contribution in [2.45, 2.75) is 64.0 Å². The van der Waals surface area contributed by atoms with Crippen molar-refractivity contribution < 1.29 is 46.6 Å².